The van der Waals surface area contributed by atoms with Gasteiger partial charge in [0.25, 0.3) is 0 Å². The van der Waals surface area contributed by atoms with Crippen molar-refractivity contribution < 1.29 is 14.9 Å². The molecule has 0 heterocycles. The van der Waals surface area contributed by atoms with Crippen LogP contribution in [-0.4, -0.2) is 30.2 Å². The predicted octanol–water partition coefficient (Wildman–Crippen LogP) is 3.73. The Hall–Kier alpha value is -0.120. The van der Waals surface area contributed by atoms with E-state index in [9.17, 15) is 0 Å². The molecule has 0 amide bonds. The maximum atomic E-state index is 8.56. The highest BCUT2D eigenvalue weighted by Gasteiger charge is 1.90. The molecule has 0 radical (unpaired) electrons. The van der Waals surface area contributed by atoms with Gasteiger partial charge in [-0.05, 0) is 13.3 Å². The van der Waals surface area contributed by atoms with Gasteiger partial charge in [0, 0.05) is 13.7 Å². The van der Waals surface area contributed by atoms with Gasteiger partial charge in [0.2, 0.25) is 0 Å². The lowest BCUT2D eigenvalue weighted by Gasteiger charge is -2.03. The molecule has 17 heavy (non-hydrogen) atoms. The average Bonchev–Trinajstić information content (AvgIpc) is 2.33. The van der Waals surface area contributed by atoms with E-state index in [1.165, 1.54) is 32.1 Å². The van der Waals surface area contributed by atoms with Gasteiger partial charge in [-0.3, -0.25) is 0 Å². The summed E-state index contributed by atoms with van der Waals surface area (Å²) >= 11 is 0. The van der Waals surface area contributed by atoms with Crippen molar-refractivity contribution in [1.29, 1.82) is 0 Å². The molecule has 0 aromatic heterocycles. The summed E-state index contributed by atoms with van der Waals surface area (Å²) < 4.78 is 4.84. The molecule has 0 spiro atoms. The second-order valence-corrected chi connectivity index (χ2v) is 3.88. The van der Waals surface area contributed by atoms with Gasteiger partial charge in [0.05, 0.1) is 0 Å². The maximum absolute atomic E-state index is 8.56. The van der Waals surface area contributed by atoms with Crippen molar-refractivity contribution >= 4 is 0 Å². The topological polar surface area (TPSA) is 49.7 Å². The van der Waals surface area contributed by atoms with Crippen LogP contribution in [0.5, 0.6) is 0 Å². The van der Waals surface area contributed by atoms with Gasteiger partial charge in [-0.25, -0.2) is 0 Å². The van der Waals surface area contributed by atoms with Crippen LogP contribution in [0, 0.1) is 0 Å². The molecule has 0 saturated carbocycles. The Bertz CT molecular complexity index is 91.5. The molecule has 0 aliphatic rings. The first kappa shape index (κ1) is 22.1. The first-order chi connectivity index (χ1) is 8.18. The van der Waals surface area contributed by atoms with Gasteiger partial charge < -0.3 is 14.9 Å². The number of unbranched alkanes of at least 4 members (excludes halogenated alkanes) is 5. The fourth-order valence-corrected chi connectivity index (χ4v) is 1.08. The van der Waals surface area contributed by atoms with E-state index >= 15 is 0 Å². The molecule has 2 N–H and O–H groups in total. The molecule has 0 aliphatic heterocycles. The van der Waals surface area contributed by atoms with E-state index in [1.807, 2.05) is 0 Å². The number of rotatable bonds is 8. The molecule has 0 aromatic rings. The van der Waals surface area contributed by atoms with Gasteiger partial charge in [0.15, 0.2) is 6.29 Å². The largest absolute Gasteiger partial charge is 0.400 e. The lowest BCUT2D eigenvalue weighted by molar-refractivity contribution is -0.0856. The van der Waals surface area contributed by atoms with Gasteiger partial charge in [-0.15, -0.1) is 0 Å². The molecule has 3 heteroatoms. The van der Waals surface area contributed by atoms with Crippen LogP contribution >= 0.6 is 0 Å². The highest BCUT2D eigenvalue weighted by atomic mass is 16.6. The van der Waals surface area contributed by atoms with Crippen LogP contribution in [0.2, 0.25) is 0 Å². The van der Waals surface area contributed by atoms with Gasteiger partial charge in [-0.1, -0.05) is 59.3 Å². The summed E-state index contributed by atoms with van der Waals surface area (Å²) in [5.74, 6) is 0. The van der Waals surface area contributed by atoms with Gasteiger partial charge >= 0.3 is 0 Å². The Labute approximate surface area is 108 Å². The summed E-state index contributed by atoms with van der Waals surface area (Å²) in [7, 11) is 1.00. The number of aliphatic hydroxyl groups excluding tert-OH is 2. The van der Waals surface area contributed by atoms with Gasteiger partial charge in [-0.2, -0.15) is 0 Å². The second-order valence-electron chi connectivity index (χ2n) is 3.88. The summed E-state index contributed by atoms with van der Waals surface area (Å²) in [6, 6.07) is 0. The summed E-state index contributed by atoms with van der Waals surface area (Å²) in [5, 5.41) is 15.6. The summed E-state index contributed by atoms with van der Waals surface area (Å²) in [4.78, 5) is 0. The van der Waals surface area contributed by atoms with Crippen LogP contribution in [0.4, 0.5) is 0 Å². The van der Waals surface area contributed by atoms with E-state index in [4.69, 9.17) is 14.9 Å². The number of hydrogen-bond donors (Lipinski definition) is 2. The Morgan fingerprint density at radius 2 is 1.24 bits per heavy atom. The molecule has 0 rings (SSSR count). The molecule has 3 nitrogen and oxygen atoms in total. The van der Waals surface area contributed by atoms with E-state index in [0.29, 0.717) is 6.61 Å². The van der Waals surface area contributed by atoms with E-state index < -0.39 is 6.29 Å². The van der Waals surface area contributed by atoms with Crippen molar-refractivity contribution in [2.24, 2.45) is 0 Å². The highest BCUT2D eigenvalue weighted by Crippen LogP contribution is 2.00. The monoisotopic (exact) mass is 250 g/mol. The molecule has 0 bridgehead atoms. The Balaban J connectivity index is -0.000000202. The minimum Gasteiger partial charge on any atom is -0.400 e. The lowest BCUT2D eigenvalue weighted by Crippen LogP contribution is -2.06. The minimum atomic E-state index is -0.596. The number of aliphatic hydroxyl groups is 2. The average molecular weight is 250 g/mol. The molecule has 0 aliphatic carbocycles. The predicted molar refractivity (Wildman–Crippen MR) is 75.1 cm³/mol. The van der Waals surface area contributed by atoms with Crippen molar-refractivity contribution in [3.63, 3.8) is 0 Å². The Kier molecular flexibility index (Phi) is 32.4. The van der Waals surface area contributed by atoms with Crippen molar-refractivity contribution in [2.75, 3.05) is 13.7 Å². The lowest BCUT2D eigenvalue weighted by atomic mass is 10.2. The smallest absolute Gasteiger partial charge is 0.151 e. The summed E-state index contributed by atoms with van der Waals surface area (Å²) in [6.07, 6.45) is 8.56. The number of hydrogen-bond acceptors (Lipinski definition) is 3. The zero-order valence-electron chi connectivity index (χ0n) is 12.5. The van der Waals surface area contributed by atoms with Crippen molar-refractivity contribution in [3.8, 4) is 0 Å². The van der Waals surface area contributed by atoms with E-state index in [2.05, 4.69) is 20.8 Å². The third-order valence-electron chi connectivity index (χ3n) is 2.06. The molecule has 1 unspecified atom stereocenters. The van der Waals surface area contributed by atoms with Crippen LogP contribution in [0.15, 0.2) is 0 Å². The Morgan fingerprint density at radius 3 is 1.53 bits per heavy atom. The van der Waals surface area contributed by atoms with Crippen LogP contribution in [0.1, 0.15) is 72.6 Å². The summed E-state index contributed by atoms with van der Waals surface area (Å²) in [6.45, 7) is 8.88. The quantitative estimate of drug-likeness (QED) is 0.510. The third-order valence-corrected chi connectivity index (χ3v) is 2.06. The second kappa shape index (κ2) is 24.9. The minimum absolute atomic E-state index is 0.596. The first-order valence-corrected chi connectivity index (χ1v) is 6.93. The standard InChI is InChI=1S/C7H16.C6H14O2.CH4O/c1-3-5-7-6-4-2;1-3-4-5-8-6(2)7;1-2/h3-7H2,1-2H3;6-7H,3-5H2,1-2H3;2H,1H3. The fraction of sp³-hybridized carbons (Fsp3) is 1.00. The van der Waals surface area contributed by atoms with E-state index in [0.717, 1.165) is 20.0 Å². The molecule has 0 aromatic carbocycles. The summed E-state index contributed by atoms with van der Waals surface area (Å²) in [5.41, 5.74) is 0. The van der Waals surface area contributed by atoms with Crippen LogP contribution in [-0.2, 0) is 4.74 Å². The van der Waals surface area contributed by atoms with Crippen LogP contribution < -0.4 is 0 Å². The molecular formula is C14H34O3. The molecular weight excluding hydrogens is 216 g/mol. The van der Waals surface area contributed by atoms with Crippen molar-refractivity contribution in [2.45, 2.75) is 78.9 Å². The van der Waals surface area contributed by atoms with Crippen LogP contribution in [0.25, 0.3) is 0 Å². The zero-order valence-corrected chi connectivity index (χ0v) is 12.5. The van der Waals surface area contributed by atoms with Crippen LogP contribution in [0.3, 0.4) is 0 Å². The van der Waals surface area contributed by atoms with Gasteiger partial charge in [0.1, 0.15) is 0 Å². The zero-order chi connectivity index (χ0) is 13.9. The molecule has 1 atom stereocenters. The third kappa shape index (κ3) is 38.8. The normalized spacial score (nSPS) is 10.8. The first-order valence-electron chi connectivity index (χ1n) is 6.93. The van der Waals surface area contributed by atoms with Crippen molar-refractivity contribution in [1.82, 2.24) is 0 Å². The maximum Gasteiger partial charge on any atom is 0.151 e. The van der Waals surface area contributed by atoms with Crippen molar-refractivity contribution in [3.05, 3.63) is 0 Å². The van der Waals surface area contributed by atoms with E-state index in [-0.39, 0.29) is 0 Å². The SMILES string of the molecule is CCCCCCC.CCCCOC(C)O.CO. The Morgan fingerprint density at radius 1 is 0.824 bits per heavy atom. The fourth-order valence-electron chi connectivity index (χ4n) is 1.08. The highest BCUT2D eigenvalue weighted by molar-refractivity contribution is 4.36. The van der Waals surface area contributed by atoms with E-state index in [1.54, 1.807) is 6.92 Å². The number of ether oxygens (including phenoxy) is 1. The molecule has 108 valence electrons. The molecule has 0 saturated heterocycles. The molecule has 0 fully saturated rings.